The highest BCUT2D eigenvalue weighted by Gasteiger charge is 2.17. The number of anilines is 2. The van der Waals surface area contributed by atoms with Gasteiger partial charge in [0.25, 0.3) is 11.8 Å². The second kappa shape index (κ2) is 14.2. The lowest BCUT2D eigenvalue weighted by atomic mass is 10.1. The van der Waals surface area contributed by atoms with E-state index in [4.69, 9.17) is 34.8 Å². The van der Waals surface area contributed by atoms with Gasteiger partial charge in [-0.15, -0.1) is 11.8 Å². The Morgan fingerprint density at radius 3 is 2.17 bits per heavy atom. The minimum absolute atomic E-state index is 0.0447. The molecule has 0 saturated heterocycles. The van der Waals surface area contributed by atoms with Crippen molar-refractivity contribution in [2.24, 2.45) is 0 Å². The number of carbonyl (C=O) groups excluding carboxylic acids is 3. The average molecular weight is 629 g/mol. The normalized spacial score (nSPS) is 11.1. The molecule has 0 radical (unpaired) electrons. The maximum atomic E-state index is 14.5. The van der Waals surface area contributed by atoms with Gasteiger partial charge in [0.15, 0.2) is 0 Å². The van der Waals surface area contributed by atoms with Crippen molar-refractivity contribution in [1.82, 2.24) is 5.32 Å². The zero-order valence-electron chi connectivity index (χ0n) is 21.1. The summed E-state index contributed by atoms with van der Waals surface area (Å²) >= 11 is 19.5. The van der Waals surface area contributed by atoms with Crippen molar-refractivity contribution < 1.29 is 18.8 Å². The monoisotopic (exact) mass is 627 g/mol. The van der Waals surface area contributed by atoms with Gasteiger partial charge in [-0.1, -0.05) is 65.1 Å². The van der Waals surface area contributed by atoms with E-state index < -0.39 is 17.6 Å². The van der Waals surface area contributed by atoms with Crippen molar-refractivity contribution in [2.45, 2.75) is 4.90 Å². The van der Waals surface area contributed by atoms with Gasteiger partial charge in [-0.3, -0.25) is 14.4 Å². The van der Waals surface area contributed by atoms with E-state index in [-0.39, 0.29) is 33.0 Å². The quantitative estimate of drug-likeness (QED) is 0.130. The van der Waals surface area contributed by atoms with Crippen LogP contribution in [0.4, 0.5) is 15.8 Å². The molecule has 0 atom stereocenters. The van der Waals surface area contributed by atoms with Crippen molar-refractivity contribution in [1.29, 1.82) is 0 Å². The molecule has 0 aliphatic rings. The zero-order valence-corrected chi connectivity index (χ0v) is 24.2. The molecule has 3 N–H and O–H groups in total. The molecular formula is C30H21Cl3FN3O3S. The van der Waals surface area contributed by atoms with Crippen molar-refractivity contribution in [3.8, 4) is 0 Å². The Labute approximate surface area is 254 Å². The Kier molecular flexibility index (Phi) is 10.4. The van der Waals surface area contributed by atoms with Crippen LogP contribution in [0.15, 0.2) is 102 Å². The molecule has 11 heteroatoms. The molecule has 41 heavy (non-hydrogen) atoms. The van der Waals surface area contributed by atoms with E-state index >= 15 is 0 Å². The number of carbonyl (C=O) groups is 3. The van der Waals surface area contributed by atoms with Crippen molar-refractivity contribution in [3.63, 3.8) is 0 Å². The smallest absolute Gasteiger partial charge is 0.272 e. The third-order valence-corrected chi connectivity index (χ3v) is 7.69. The van der Waals surface area contributed by atoms with E-state index in [9.17, 15) is 18.8 Å². The van der Waals surface area contributed by atoms with Crippen molar-refractivity contribution in [3.05, 3.63) is 129 Å². The number of hydrogen-bond acceptors (Lipinski definition) is 4. The van der Waals surface area contributed by atoms with Gasteiger partial charge in [-0.2, -0.15) is 0 Å². The zero-order chi connectivity index (χ0) is 29.4. The van der Waals surface area contributed by atoms with Gasteiger partial charge in [-0.05, 0) is 66.7 Å². The predicted molar refractivity (Wildman–Crippen MR) is 164 cm³/mol. The molecular weight excluding hydrogens is 608 g/mol. The molecule has 0 aliphatic heterocycles. The third-order valence-electron chi connectivity index (χ3n) is 5.52. The lowest BCUT2D eigenvalue weighted by Gasteiger charge is -2.12. The number of hydrogen-bond donors (Lipinski definition) is 3. The van der Waals surface area contributed by atoms with Crippen LogP contribution in [0.1, 0.15) is 15.9 Å². The SMILES string of the molecule is O=C(CSc1ccc(NC(=O)/C(=C/c2c(F)cccc2Cl)NC(=O)c2ccccc2)cc1)Nc1cccc(Cl)c1Cl. The van der Waals surface area contributed by atoms with Crippen LogP contribution in [0.2, 0.25) is 15.1 Å². The van der Waals surface area contributed by atoms with E-state index in [0.29, 0.717) is 22.0 Å². The highest BCUT2D eigenvalue weighted by molar-refractivity contribution is 8.00. The van der Waals surface area contributed by atoms with Crippen LogP contribution in [0, 0.1) is 5.82 Å². The molecule has 0 fully saturated rings. The molecule has 6 nitrogen and oxygen atoms in total. The summed E-state index contributed by atoms with van der Waals surface area (Å²) in [6.45, 7) is 0. The molecule has 0 saturated carbocycles. The van der Waals surface area contributed by atoms with Gasteiger partial charge in [-0.25, -0.2) is 4.39 Å². The number of amides is 3. The summed E-state index contributed by atoms with van der Waals surface area (Å²) in [7, 11) is 0. The molecule has 0 aromatic heterocycles. The van der Waals surface area contributed by atoms with E-state index in [1.165, 1.54) is 36.0 Å². The second-order valence-corrected chi connectivity index (χ2v) is 10.7. The molecule has 208 valence electrons. The molecule has 3 amide bonds. The molecule has 0 unspecified atom stereocenters. The highest BCUT2D eigenvalue weighted by atomic mass is 35.5. The van der Waals surface area contributed by atoms with Crippen LogP contribution in [0.25, 0.3) is 6.08 Å². The summed E-state index contributed by atoms with van der Waals surface area (Å²) in [6, 6.07) is 24.1. The molecule has 0 aliphatic carbocycles. The molecule has 0 spiro atoms. The molecule has 4 rings (SSSR count). The van der Waals surface area contributed by atoms with Gasteiger partial charge >= 0.3 is 0 Å². The number of nitrogens with one attached hydrogen (secondary N) is 3. The Balaban J connectivity index is 1.44. The predicted octanol–water partition coefficient (Wildman–Crippen LogP) is 7.93. The van der Waals surface area contributed by atoms with Gasteiger partial charge in [0.2, 0.25) is 5.91 Å². The van der Waals surface area contributed by atoms with E-state index in [1.807, 2.05) is 0 Å². The fraction of sp³-hybridized carbons (Fsp3) is 0.0333. The first kappa shape index (κ1) is 30.1. The minimum atomic E-state index is -0.688. The first-order valence-corrected chi connectivity index (χ1v) is 14.1. The van der Waals surface area contributed by atoms with Crippen LogP contribution < -0.4 is 16.0 Å². The van der Waals surface area contributed by atoms with Gasteiger partial charge in [0, 0.05) is 21.7 Å². The van der Waals surface area contributed by atoms with Crippen molar-refractivity contribution >= 4 is 81.7 Å². The first-order valence-electron chi connectivity index (χ1n) is 12.0. The maximum absolute atomic E-state index is 14.5. The van der Waals surface area contributed by atoms with E-state index in [1.54, 1.807) is 72.8 Å². The Bertz CT molecular complexity index is 1600. The maximum Gasteiger partial charge on any atom is 0.272 e. The summed E-state index contributed by atoms with van der Waals surface area (Å²) in [5.41, 5.74) is 0.892. The highest BCUT2D eigenvalue weighted by Crippen LogP contribution is 2.30. The topological polar surface area (TPSA) is 87.3 Å². The lowest BCUT2D eigenvalue weighted by Crippen LogP contribution is -2.30. The largest absolute Gasteiger partial charge is 0.324 e. The summed E-state index contributed by atoms with van der Waals surface area (Å²) in [5, 5.41) is 8.63. The summed E-state index contributed by atoms with van der Waals surface area (Å²) in [4.78, 5) is 39.1. The number of thioether (sulfide) groups is 1. The average Bonchev–Trinajstić information content (AvgIpc) is 2.97. The van der Waals surface area contributed by atoms with Crippen LogP contribution in [-0.2, 0) is 9.59 Å². The number of halogens is 4. The fourth-order valence-corrected chi connectivity index (χ4v) is 4.77. The number of benzene rings is 4. The summed E-state index contributed by atoms with van der Waals surface area (Å²) in [5.74, 6) is -2.06. The molecule has 0 heterocycles. The lowest BCUT2D eigenvalue weighted by molar-refractivity contribution is -0.114. The van der Waals surface area contributed by atoms with Gasteiger partial charge in [0.05, 0.1) is 26.5 Å². The molecule has 0 bridgehead atoms. The van der Waals surface area contributed by atoms with E-state index in [2.05, 4.69) is 16.0 Å². The van der Waals surface area contributed by atoms with Crippen LogP contribution >= 0.6 is 46.6 Å². The number of rotatable bonds is 9. The summed E-state index contributed by atoms with van der Waals surface area (Å²) in [6.07, 6.45) is 1.18. The summed E-state index contributed by atoms with van der Waals surface area (Å²) < 4.78 is 14.5. The fourth-order valence-electron chi connectivity index (χ4n) is 3.50. The standard InChI is InChI=1S/C30H21Cl3FN3O3S/c31-22-8-4-10-24(34)21(22)16-26(37-29(39)18-6-2-1-3-7-18)30(40)35-19-12-14-20(15-13-19)41-17-27(38)36-25-11-5-9-23(32)28(25)33/h1-16H,17H2,(H,35,40)(H,36,38)(H,37,39)/b26-16-. The van der Waals surface area contributed by atoms with E-state index in [0.717, 1.165) is 4.90 Å². The third kappa shape index (κ3) is 8.34. The van der Waals surface area contributed by atoms with Gasteiger partial charge in [0.1, 0.15) is 11.5 Å². The Hall–Kier alpha value is -3.82. The molecule has 4 aromatic rings. The molecule has 4 aromatic carbocycles. The van der Waals surface area contributed by atoms with Gasteiger partial charge < -0.3 is 16.0 Å². The Morgan fingerprint density at radius 2 is 1.46 bits per heavy atom. The minimum Gasteiger partial charge on any atom is -0.324 e. The van der Waals surface area contributed by atoms with Crippen LogP contribution in [0.5, 0.6) is 0 Å². The first-order chi connectivity index (χ1) is 19.7. The van der Waals surface area contributed by atoms with Crippen LogP contribution in [-0.4, -0.2) is 23.5 Å². The van der Waals surface area contributed by atoms with Crippen LogP contribution in [0.3, 0.4) is 0 Å². The van der Waals surface area contributed by atoms with Crippen molar-refractivity contribution in [2.75, 3.05) is 16.4 Å². The Morgan fingerprint density at radius 1 is 0.780 bits per heavy atom. The second-order valence-electron chi connectivity index (χ2n) is 8.43.